The Morgan fingerprint density at radius 3 is 2.55 bits per heavy atom. The number of fused-ring (bicyclic) bond motifs is 2. The van der Waals surface area contributed by atoms with Crippen LogP contribution in [0, 0.1) is 18.7 Å². The van der Waals surface area contributed by atoms with Crippen molar-refractivity contribution in [1.29, 1.82) is 0 Å². The fraction of sp³-hybridized carbons (Fsp3) is 0.438. The van der Waals surface area contributed by atoms with Gasteiger partial charge in [-0.05, 0) is 63.3 Å². The molecule has 0 spiro atoms. The molecule has 0 bridgehead atoms. The maximum Gasteiger partial charge on any atom is 0.246 e. The number of carbonyl (C=O) groups is 1. The van der Waals surface area contributed by atoms with Crippen LogP contribution in [0.4, 0.5) is 16.2 Å². The normalized spacial score (nSPS) is 21.3. The standard InChI is InChI=1S/C32H35ClFN7O/c1-6-24(42)40-14-19(5)41(15-18(40)4)31-21-11-22(33)26(28(34)30(21)35-32(36-31)39-12-16(2)13-39)25-17(3)7-10-23-27(25)29(38-37-23)20-8-9-20/h6-7,10-11,16,18-20H,1,8-9,12-15H2,2-5H3,(H,37,38)/t18-,19+/m1/s1. The predicted molar refractivity (Wildman–Crippen MR) is 166 cm³/mol. The summed E-state index contributed by atoms with van der Waals surface area (Å²) >= 11 is 7.03. The molecule has 2 aromatic heterocycles. The monoisotopic (exact) mass is 587 g/mol. The van der Waals surface area contributed by atoms with Gasteiger partial charge in [0.05, 0.1) is 10.5 Å². The number of anilines is 2. The molecule has 4 aromatic rings. The summed E-state index contributed by atoms with van der Waals surface area (Å²) in [6, 6.07) is 5.63. The molecule has 2 atom stereocenters. The van der Waals surface area contributed by atoms with E-state index >= 15 is 4.39 Å². The number of halogens is 2. The molecule has 10 heteroatoms. The number of nitrogens with zero attached hydrogens (tertiary/aromatic N) is 6. The third-order valence-corrected chi connectivity index (χ3v) is 9.41. The molecule has 1 saturated carbocycles. The van der Waals surface area contributed by atoms with E-state index in [-0.39, 0.29) is 23.5 Å². The molecule has 8 nitrogen and oxygen atoms in total. The molecule has 218 valence electrons. The van der Waals surface area contributed by atoms with Gasteiger partial charge in [-0.25, -0.2) is 9.37 Å². The molecule has 0 unspecified atom stereocenters. The average molecular weight is 588 g/mol. The molecule has 3 fully saturated rings. The van der Waals surface area contributed by atoms with Gasteiger partial charge in [0.25, 0.3) is 0 Å². The first-order valence-electron chi connectivity index (χ1n) is 14.8. The third kappa shape index (κ3) is 4.23. The van der Waals surface area contributed by atoms with Gasteiger partial charge in [-0.3, -0.25) is 9.89 Å². The molecule has 2 aromatic carbocycles. The second-order valence-corrected chi connectivity index (χ2v) is 12.8. The zero-order valence-corrected chi connectivity index (χ0v) is 25.2. The molecule has 42 heavy (non-hydrogen) atoms. The Morgan fingerprint density at radius 2 is 1.86 bits per heavy atom. The van der Waals surface area contributed by atoms with Gasteiger partial charge in [0.2, 0.25) is 11.9 Å². The van der Waals surface area contributed by atoms with E-state index in [1.165, 1.54) is 6.08 Å². The number of carbonyl (C=O) groups excluding carboxylic acids is 1. The van der Waals surface area contributed by atoms with Gasteiger partial charge >= 0.3 is 0 Å². The largest absolute Gasteiger partial charge is 0.349 e. The summed E-state index contributed by atoms with van der Waals surface area (Å²) in [6.45, 7) is 14.6. The Bertz CT molecular complexity index is 1760. The van der Waals surface area contributed by atoms with Crippen molar-refractivity contribution in [3.05, 3.63) is 53.0 Å². The minimum atomic E-state index is -0.448. The lowest BCUT2D eigenvalue weighted by molar-refractivity contribution is -0.128. The number of H-pyrrole nitrogens is 1. The summed E-state index contributed by atoms with van der Waals surface area (Å²) in [5.41, 5.74) is 4.17. The van der Waals surface area contributed by atoms with E-state index in [0.29, 0.717) is 52.7 Å². The number of aromatic nitrogens is 4. The number of nitrogens with one attached hydrogen (secondary N) is 1. The first-order chi connectivity index (χ1) is 20.2. The highest BCUT2D eigenvalue weighted by molar-refractivity contribution is 6.35. The molecule has 3 aliphatic rings. The average Bonchev–Trinajstić information content (AvgIpc) is 3.71. The van der Waals surface area contributed by atoms with Crippen LogP contribution < -0.4 is 9.80 Å². The van der Waals surface area contributed by atoms with E-state index < -0.39 is 5.82 Å². The van der Waals surface area contributed by atoms with Crippen molar-refractivity contribution in [1.82, 2.24) is 25.1 Å². The van der Waals surface area contributed by atoms with E-state index in [4.69, 9.17) is 21.6 Å². The Hall–Kier alpha value is -3.72. The zero-order chi connectivity index (χ0) is 29.4. The van der Waals surface area contributed by atoms with Gasteiger partial charge in [0.1, 0.15) is 11.3 Å². The summed E-state index contributed by atoms with van der Waals surface area (Å²) in [5, 5.41) is 9.59. The second kappa shape index (κ2) is 9.93. The fourth-order valence-electron chi connectivity index (χ4n) is 6.69. The minimum absolute atomic E-state index is 0.0594. The van der Waals surface area contributed by atoms with Crippen LogP contribution in [-0.2, 0) is 4.79 Å². The summed E-state index contributed by atoms with van der Waals surface area (Å²) in [6.07, 6.45) is 3.54. The van der Waals surface area contributed by atoms with E-state index in [1.54, 1.807) is 0 Å². The van der Waals surface area contributed by atoms with Crippen molar-refractivity contribution in [3.63, 3.8) is 0 Å². The van der Waals surface area contributed by atoms with Gasteiger partial charge in [-0.2, -0.15) is 10.1 Å². The van der Waals surface area contributed by atoms with Crippen molar-refractivity contribution in [2.24, 2.45) is 5.92 Å². The van der Waals surface area contributed by atoms with Crippen LogP contribution >= 0.6 is 11.6 Å². The molecule has 2 saturated heterocycles. The summed E-state index contributed by atoms with van der Waals surface area (Å²) < 4.78 is 17.0. The van der Waals surface area contributed by atoms with Crippen molar-refractivity contribution in [2.75, 3.05) is 36.0 Å². The first-order valence-corrected chi connectivity index (χ1v) is 15.2. The summed E-state index contributed by atoms with van der Waals surface area (Å²) in [7, 11) is 0. The van der Waals surface area contributed by atoms with Gasteiger partial charge in [0.15, 0.2) is 5.82 Å². The minimum Gasteiger partial charge on any atom is -0.349 e. The number of amides is 1. The quantitative estimate of drug-likeness (QED) is 0.279. The highest BCUT2D eigenvalue weighted by Gasteiger charge is 2.36. The van der Waals surface area contributed by atoms with Gasteiger partial charge in [0, 0.05) is 71.8 Å². The first kappa shape index (κ1) is 27.1. The van der Waals surface area contributed by atoms with E-state index in [2.05, 4.69) is 40.4 Å². The van der Waals surface area contributed by atoms with Gasteiger partial charge in [-0.15, -0.1) is 0 Å². The number of aryl methyl sites for hydroxylation is 1. The lowest BCUT2D eigenvalue weighted by Gasteiger charge is -2.45. The number of hydrogen-bond acceptors (Lipinski definition) is 6. The number of rotatable bonds is 5. The molecule has 1 aliphatic carbocycles. The SMILES string of the molecule is C=CC(=O)N1C[C@H](C)N(c2nc(N3CC(C)C3)nc3c(F)c(-c4c(C)ccc5n[nH]c(C6CC6)c45)c(Cl)cc23)C[C@H]1C. The smallest absolute Gasteiger partial charge is 0.246 e. The van der Waals surface area contributed by atoms with Crippen LogP contribution in [0.1, 0.15) is 50.8 Å². The highest BCUT2D eigenvalue weighted by atomic mass is 35.5. The number of benzene rings is 2. The molecular weight excluding hydrogens is 553 g/mol. The fourth-order valence-corrected chi connectivity index (χ4v) is 6.98. The predicted octanol–water partition coefficient (Wildman–Crippen LogP) is 6.22. The van der Waals surface area contributed by atoms with E-state index in [0.717, 1.165) is 53.7 Å². The lowest BCUT2D eigenvalue weighted by atomic mass is 9.93. The molecule has 7 rings (SSSR count). The van der Waals surface area contributed by atoms with Gasteiger partial charge in [-0.1, -0.05) is 31.2 Å². The van der Waals surface area contributed by atoms with Crippen molar-refractivity contribution >= 4 is 51.1 Å². The Morgan fingerprint density at radius 1 is 1.10 bits per heavy atom. The van der Waals surface area contributed by atoms with E-state index in [9.17, 15) is 4.79 Å². The van der Waals surface area contributed by atoms with Gasteiger partial charge < -0.3 is 14.7 Å². The Balaban J connectivity index is 1.43. The zero-order valence-electron chi connectivity index (χ0n) is 24.4. The van der Waals surface area contributed by atoms with E-state index in [1.807, 2.05) is 36.9 Å². The Labute approximate surface area is 249 Å². The summed E-state index contributed by atoms with van der Waals surface area (Å²) in [5.74, 6) is 1.54. The molecule has 0 radical (unpaired) electrons. The van der Waals surface area contributed by atoms with Crippen LogP contribution in [0.3, 0.4) is 0 Å². The number of aromatic amines is 1. The number of hydrogen-bond donors (Lipinski definition) is 1. The molecular formula is C32H35ClFN7O. The molecule has 2 aliphatic heterocycles. The molecule has 1 N–H and O–H groups in total. The van der Waals surface area contributed by atoms with Crippen LogP contribution in [0.2, 0.25) is 5.02 Å². The molecule has 4 heterocycles. The Kier molecular flexibility index (Phi) is 6.42. The summed E-state index contributed by atoms with van der Waals surface area (Å²) in [4.78, 5) is 28.5. The maximum absolute atomic E-state index is 17.0. The highest BCUT2D eigenvalue weighted by Crippen LogP contribution is 2.48. The lowest BCUT2D eigenvalue weighted by Crippen LogP contribution is -2.58. The topological polar surface area (TPSA) is 81.2 Å². The maximum atomic E-state index is 17.0. The van der Waals surface area contributed by atoms with Crippen LogP contribution in [0.25, 0.3) is 32.9 Å². The van der Waals surface area contributed by atoms with Crippen molar-refractivity contribution in [3.8, 4) is 11.1 Å². The van der Waals surface area contributed by atoms with Crippen LogP contribution in [0.15, 0.2) is 30.9 Å². The number of piperazine rings is 1. The van der Waals surface area contributed by atoms with Crippen molar-refractivity contribution < 1.29 is 9.18 Å². The molecule has 1 amide bonds. The van der Waals surface area contributed by atoms with Crippen LogP contribution in [-0.4, -0.2) is 69.2 Å². The third-order valence-electron chi connectivity index (χ3n) is 9.11. The second-order valence-electron chi connectivity index (χ2n) is 12.4. The van der Waals surface area contributed by atoms with Crippen molar-refractivity contribution in [2.45, 2.75) is 58.5 Å². The van der Waals surface area contributed by atoms with Crippen LogP contribution in [0.5, 0.6) is 0 Å².